The van der Waals surface area contributed by atoms with E-state index in [2.05, 4.69) is 15.6 Å². The van der Waals surface area contributed by atoms with Gasteiger partial charge in [0.15, 0.2) is 0 Å². The maximum atomic E-state index is 11.9. The van der Waals surface area contributed by atoms with Gasteiger partial charge in [-0.3, -0.25) is 14.6 Å². The lowest BCUT2D eigenvalue weighted by atomic mass is 10.2. The molecule has 0 saturated heterocycles. The van der Waals surface area contributed by atoms with Gasteiger partial charge in [-0.25, -0.2) is 0 Å². The number of nitrogens with one attached hydrogen (secondary N) is 2. The van der Waals surface area contributed by atoms with E-state index in [1.165, 1.54) is 12.1 Å². The van der Waals surface area contributed by atoms with Crippen LogP contribution in [0.1, 0.15) is 15.9 Å². The molecule has 0 radical (unpaired) electrons. The minimum absolute atomic E-state index is 0.141. The molecule has 1 aromatic carbocycles. The highest BCUT2D eigenvalue weighted by Crippen LogP contribution is 2.20. The van der Waals surface area contributed by atoms with Gasteiger partial charge in [0.25, 0.3) is 5.91 Å². The van der Waals surface area contributed by atoms with E-state index in [0.29, 0.717) is 11.6 Å². The van der Waals surface area contributed by atoms with Gasteiger partial charge < -0.3 is 10.6 Å². The number of carbonyl (C=O) groups excluding carboxylic acids is 2. The summed E-state index contributed by atoms with van der Waals surface area (Å²) in [6.45, 7) is 0.211. The Balaban J connectivity index is 1.82. The van der Waals surface area contributed by atoms with Gasteiger partial charge >= 0.3 is 0 Å². The molecule has 0 saturated carbocycles. The molecule has 2 rings (SSSR count). The monoisotopic (exact) mass is 337 g/mol. The van der Waals surface area contributed by atoms with Crippen LogP contribution in [0.5, 0.6) is 0 Å². The lowest BCUT2D eigenvalue weighted by Gasteiger charge is -2.08. The zero-order valence-corrected chi connectivity index (χ0v) is 13.0. The van der Waals surface area contributed by atoms with Gasteiger partial charge in [0.05, 0.1) is 17.1 Å². The molecule has 7 heteroatoms. The summed E-state index contributed by atoms with van der Waals surface area (Å²) >= 11 is 11.7. The predicted octanol–water partition coefficient (Wildman–Crippen LogP) is 2.43. The lowest BCUT2D eigenvalue weighted by molar-refractivity contribution is -0.120. The minimum atomic E-state index is -0.432. The van der Waals surface area contributed by atoms with E-state index in [9.17, 15) is 9.59 Å². The van der Waals surface area contributed by atoms with Crippen molar-refractivity contribution < 1.29 is 9.59 Å². The molecule has 2 aromatic rings. The first-order valence-electron chi connectivity index (χ1n) is 6.45. The van der Waals surface area contributed by atoms with Gasteiger partial charge in [0, 0.05) is 24.0 Å². The van der Waals surface area contributed by atoms with Crippen LogP contribution in [0.2, 0.25) is 10.0 Å². The van der Waals surface area contributed by atoms with Crippen molar-refractivity contribution in [1.29, 1.82) is 0 Å². The van der Waals surface area contributed by atoms with Gasteiger partial charge in [-0.05, 0) is 29.8 Å². The van der Waals surface area contributed by atoms with Crippen molar-refractivity contribution in [3.63, 3.8) is 0 Å². The van der Waals surface area contributed by atoms with Crippen LogP contribution in [-0.4, -0.2) is 23.3 Å². The average molecular weight is 338 g/mol. The summed E-state index contributed by atoms with van der Waals surface area (Å²) in [5.74, 6) is -0.736. The molecule has 114 valence electrons. The third-order valence-electron chi connectivity index (χ3n) is 2.80. The molecule has 0 aliphatic rings. The Morgan fingerprint density at radius 1 is 1.14 bits per heavy atom. The molecule has 1 heterocycles. The summed E-state index contributed by atoms with van der Waals surface area (Å²) in [4.78, 5) is 27.6. The van der Waals surface area contributed by atoms with Crippen molar-refractivity contribution in [2.45, 2.75) is 6.54 Å². The highest BCUT2D eigenvalue weighted by molar-refractivity contribution is 6.36. The Hall–Kier alpha value is -2.11. The zero-order valence-electron chi connectivity index (χ0n) is 11.5. The molecular formula is C15H13Cl2N3O2. The van der Waals surface area contributed by atoms with E-state index in [4.69, 9.17) is 23.2 Å². The Labute approximate surface area is 137 Å². The first-order chi connectivity index (χ1) is 10.6. The Bertz CT molecular complexity index is 678. The van der Waals surface area contributed by atoms with Gasteiger partial charge in [0.2, 0.25) is 5.91 Å². The lowest BCUT2D eigenvalue weighted by Crippen LogP contribution is -2.36. The number of carbonyl (C=O) groups is 2. The molecule has 5 nitrogen and oxygen atoms in total. The number of hydrogen-bond acceptors (Lipinski definition) is 3. The molecule has 0 spiro atoms. The van der Waals surface area contributed by atoms with Crippen molar-refractivity contribution in [2.24, 2.45) is 0 Å². The predicted molar refractivity (Wildman–Crippen MR) is 84.9 cm³/mol. The summed E-state index contributed by atoms with van der Waals surface area (Å²) in [5, 5.41) is 5.86. The van der Waals surface area contributed by atoms with E-state index in [-0.39, 0.29) is 23.0 Å². The summed E-state index contributed by atoms with van der Waals surface area (Å²) in [6.07, 6.45) is 3.31. The summed E-state index contributed by atoms with van der Waals surface area (Å²) in [6, 6.07) is 8.17. The van der Waals surface area contributed by atoms with Crippen LogP contribution in [0.3, 0.4) is 0 Å². The minimum Gasteiger partial charge on any atom is -0.350 e. The SMILES string of the molecule is O=C(CNC(=O)c1ccc(Cl)cc1Cl)NCc1cccnc1. The number of amides is 2. The fourth-order valence-corrected chi connectivity index (χ4v) is 2.19. The van der Waals surface area contributed by atoms with Crippen LogP contribution < -0.4 is 10.6 Å². The van der Waals surface area contributed by atoms with Crippen LogP contribution >= 0.6 is 23.2 Å². The van der Waals surface area contributed by atoms with Crippen molar-refractivity contribution in [2.75, 3.05) is 6.54 Å². The molecule has 0 aliphatic carbocycles. The fraction of sp³-hybridized carbons (Fsp3) is 0.133. The second-order valence-corrected chi connectivity index (χ2v) is 5.29. The fourth-order valence-electron chi connectivity index (χ4n) is 1.70. The highest BCUT2D eigenvalue weighted by Gasteiger charge is 2.11. The molecule has 0 bridgehead atoms. The molecule has 2 N–H and O–H groups in total. The van der Waals surface area contributed by atoms with Gasteiger partial charge in [0.1, 0.15) is 0 Å². The van der Waals surface area contributed by atoms with Crippen LogP contribution in [0, 0.1) is 0 Å². The highest BCUT2D eigenvalue weighted by atomic mass is 35.5. The molecule has 0 aliphatic heterocycles. The van der Waals surface area contributed by atoms with Crippen molar-refractivity contribution >= 4 is 35.0 Å². The smallest absolute Gasteiger partial charge is 0.253 e. The Morgan fingerprint density at radius 3 is 2.64 bits per heavy atom. The molecule has 1 aromatic heterocycles. The van der Waals surface area contributed by atoms with Crippen LogP contribution in [0.15, 0.2) is 42.7 Å². The average Bonchev–Trinajstić information content (AvgIpc) is 2.51. The van der Waals surface area contributed by atoms with Crippen LogP contribution in [-0.2, 0) is 11.3 Å². The first-order valence-corrected chi connectivity index (χ1v) is 7.20. The van der Waals surface area contributed by atoms with Crippen molar-refractivity contribution in [1.82, 2.24) is 15.6 Å². The normalized spacial score (nSPS) is 10.1. The van der Waals surface area contributed by atoms with E-state index >= 15 is 0 Å². The van der Waals surface area contributed by atoms with Gasteiger partial charge in [-0.1, -0.05) is 29.3 Å². The Morgan fingerprint density at radius 2 is 1.95 bits per heavy atom. The van der Waals surface area contributed by atoms with Gasteiger partial charge in [-0.15, -0.1) is 0 Å². The van der Waals surface area contributed by atoms with Crippen molar-refractivity contribution in [3.8, 4) is 0 Å². The summed E-state index contributed by atoms with van der Waals surface area (Å²) in [7, 11) is 0. The third-order valence-corrected chi connectivity index (χ3v) is 3.35. The zero-order chi connectivity index (χ0) is 15.9. The van der Waals surface area contributed by atoms with Crippen molar-refractivity contribution in [3.05, 3.63) is 63.9 Å². The number of pyridine rings is 1. The molecular weight excluding hydrogens is 325 g/mol. The van der Waals surface area contributed by atoms with E-state index < -0.39 is 5.91 Å². The second kappa shape index (κ2) is 7.77. The number of nitrogens with zero attached hydrogens (tertiary/aromatic N) is 1. The second-order valence-electron chi connectivity index (χ2n) is 4.44. The number of hydrogen-bond donors (Lipinski definition) is 2. The van der Waals surface area contributed by atoms with Gasteiger partial charge in [-0.2, -0.15) is 0 Å². The summed E-state index contributed by atoms with van der Waals surface area (Å²) < 4.78 is 0. The quantitative estimate of drug-likeness (QED) is 0.880. The molecule has 0 atom stereocenters. The maximum absolute atomic E-state index is 11.9. The first kappa shape index (κ1) is 16.3. The largest absolute Gasteiger partial charge is 0.350 e. The molecule has 0 fully saturated rings. The molecule has 2 amide bonds. The topological polar surface area (TPSA) is 71.1 Å². The maximum Gasteiger partial charge on any atom is 0.253 e. The number of aromatic nitrogens is 1. The van der Waals surface area contributed by atoms with E-state index in [0.717, 1.165) is 5.56 Å². The standard InChI is InChI=1S/C15H13Cl2N3O2/c16-11-3-4-12(13(17)6-11)15(22)20-9-14(21)19-8-10-2-1-5-18-7-10/h1-7H,8-9H2,(H,19,21)(H,20,22). The molecule has 22 heavy (non-hydrogen) atoms. The van der Waals surface area contributed by atoms with Crippen LogP contribution in [0.25, 0.3) is 0 Å². The number of rotatable bonds is 5. The summed E-state index contributed by atoms with van der Waals surface area (Å²) in [5.41, 5.74) is 1.15. The molecule has 0 unspecified atom stereocenters. The Kier molecular flexibility index (Phi) is 5.75. The van der Waals surface area contributed by atoms with E-state index in [1.54, 1.807) is 24.5 Å². The van der Waals surface area contributed by atoms with Crippen LogP contribution in [0.4, 0.5) is 0 Å². The number of benzene rings is 1. The van der Waals surface area contributed by atoms with E-state index in [1.807, 2.05) is 6.07 Å². The number of halogens is 2. The third kappa shape index (κ3) is 4.72.